The van der Waals surface area contributed by atoms with Gasteiger partial charge in [-0.15, -0.1) is 0 Å². The molecule has 0 aliphatic rings. The summed E-state index contributed by atoms with van der Waals surface area (Å²) < 4.78 is 14.2. The Hall–Kier alpha value is -0.900. The van der Waals surface area contributed by atoms with Crippen LogP contribution in [0.25, 0.3) is 0 Å². The lowest BCUT2D eigenvalue weighted by molar-refractivity contribution is -0.122. The van der Waals surface area contributed by atoms with Gasteiger partial charge in [0.05, 0.1) is 0 Å². The van der Waals surface area contributed by atoms with E-state index in [1.807, 2.05) is 20.8 Å². The van der Waals surface area contributed by atoms with Gasteiger partial charge in [0.1, 0.15) is 5.82 Å². The molecule has 0 aromatic heterocycles. The maximum Gasteiger partial charge on any atom is 0.220 e. The third-order valence-electron chi connectivity index (χ3n) is 2.17. The Labute approximate surface area is 110 Å². The molecular weight excluding hydrogens is 285 g/mol. The van der Waals surface area contributed by atoms with Crippen LogP contribution in [0.2, 0.25) is 0 Å². The molecule has 0 radical (unpaired) electrons. The van der Waals surface area contributed by atoms with Gasteiger partial charge in [0, 0.05) is 23.0 Å². The van der Waals surface area contributed by atoms with Crippen LogP contribution < -0.4 is 5.32 Å². The summed E-state index contributed by atoms with van der Waals surface area (Å²) >= 11 is 3.27. The van der Waals surface area contributed by atoms with E-state index < -0.39 is 0 Å². The van der Waals surface area contributed by atoms with E-state index in [2.05, 4.69) is 21.2 Å². The normalized spacial score (nSPS) is 11.4. The van der Waals surface area contributed by atoms with Crippen molar-refractivity contribution in [3.05, 3.63) is 34.1 Å². The second kappa shape index (κ2) is 5.63. The average molecular weight is 302 g/mol. The first-order chi connectivity index (χ1) is 7.78. The molecule has 1 aromatic rings. The Balaban J connectivity index is 2.56. The SMILES string of the molecule is CC(C)(C)CC(=O)NCc1cc(Br)ccc1F. The molecule has 0 bridgehead atoms. The third-order valence-corrected chi connectivity index (χ3v) is 2.67. The quantitative estimate of drug-likeness (QED) is 0.907. The van der Waals surface area contributed by atoms with Gasteiger partial charge in [-0.05, 0) is 23.6 Å². The minimum Gasteiger partial charge on any atom is -0.352 e. The summed E-state index contributed by atoms with van der Waals surface area (Å²) in [4.78, 5) is 11.6. The van der Waals surface area contributed by atoms with Gasteiger partial charge >= 0.3 is 0 Å². The molecule has 0 unspecified atom stereocenters. The van der Waals surface area contributed by atoms with Crippen molar-refractivity contribution in [3.8, 4) is 0 Å². The fourth-order valence-corrected chi connectivity index (χ4v) is 1.83. The zero-order valence-corrected chi connectivity index (χ0v) is 11.9. The van der Waals surface area contributed by atoms with Crippen LogP contribution in [-0.4, -0.2) is 5.91 Å². The monoisotopic (exact) mass is 301 g/mol. The lowest BCUT2D eigenvalue weighted by Crippen LogP contribution is -2.27. The van der Waals surface area contributed by atoms with Gasteiger partial charge in [-0.2, -0.15) is 0 Å². The van der Waals surface area contributed by atoms with Crippen LogP contribution in [0.4, 0.5) is 4.39 Å². The molecule has 1 N–H and O–H groups in total. The summed E-state index contributed by atoms with van der Waals surface area (Å²) in [5.74, 6) is -0.360. The molecule has 1 rings (SSSR count). The topological polar surface area (TPSA) is 29.1 Å². The van der Waals surface area contributed by atoms with Gasteiger partial charge in [0.15, 0.2) is 0 Å². The molecule has 1 amide bonds. The first-order valence-corrected chi connectivity index (χ1v) is 6.28. The van der Waals surface area contributed by atoms with Crippen LogP contribution in [-0.2, 0) is 11.3 Å². The summed E-state index contributed by atoms with van der Waals surface area (Å²) in [5.41, 5.74) is 0.432. The molecule has 0 aliphatic heterocycles. The summed E-state index contributed by atoms with van der Waals surface area (Å²) in [6.45, 7) is 6.20. The number of rotatable bonds is 3. The number of benzene rings is 1. The van der Waals surface area contributed by atoms with Crippen LogP contribution in [0.5, 0.6) is 0 Å². The Morgan fingerprint density at radius 3 is 2.65 bits per heavy atom. The van der Waals surface area contributed by atoms with E-state index in [1.165, 1.54) is 6.07 Å². The van der Waals surface area contributed by atoms with Crippen molar-refractivity contribution < 1.29 is 9.18 Å². The van der Waals surface area contributed by atoms with Crippen LogP contribution >= 0.6 is 15.9 Å². The molecule has 0 saturated heterocycles. The average Bonchev–Trinajstić information content (AvgIpc) is 2.17. The van der Waals surface area contributed by atoms with Crippen molar-refractivity contribution in [3.63, 3.8) is 0 Å². The van der Waals surface area contributed by atoms with Gasteiger partial charge in [-0.3, -0.25) is 4.79 Å². The van der Waals surface area contributed by atoms with Crippen LogP contribution in [0.1, 0.15) is 32.8 Å². The zero-order chi connectivity index (χ0) is 13.1. The van der Waals surface area contributed by atoms with Crippen molar-refractivity contribution in [1.82, 2.24) is 5.32 Å². The maximum atomic E-state index is 13.4. The number of carbonyl (C=O) groups is 1. The molecule has 2 nitrogen and oxygen atoms in total. The Morgan fingerprint density at radius 1 is 1.41 bits per heavy atom. The van der Waals surface area contributed by atoms with Crippen molar-refractivity contribution in [1.29, 1.82) is 0 Å². The summed E-state index contributed by atoms with van der Waals surface area (Å²) in [6, 6.07) is 4.69. The second-order valence-electron chi connectivity index (χ2n) is 5.25. The predicted molar refractivity (Wildman–Crippen MR) is 70.0 cm³/mol. The lowest BCUT2D eigenvalue weighted by Gasteiger charge is -2.17. The molecule has 4 heteroatoms. The summed E-state index contributed by atoms with van der Waals surface area (Å²) in [6.07, 6.45) is 0.433. The molecule has 17 heavy (non-hydrogen) atoms. The molecule has 0 spiro atoms. The lowest BCUT2D eigenvalue weighted by atomic mass is 9.92. The van der Waals surface area contributed by atoms with Crippen LogP contribution in [0.15, 0.2) is 22.7 Å². The number of nitrogens with one attached hydrogen (secondary N) is 1. The van der Waals surface area contributed by atoms with E-state index in [-0.39, 0.29) is 23.7 Å². The van der Waals surface area contributed by atoms with Crippen molar-refractivity contribution in [2.24, 2.45) is 5.41 Å². The minimum atomic E-state index is -0.302. The first-order valence-electron chi connectivity index (χ1n) is 5.48. The third kappa shape index (κ3) is 5.31. The fourth-order valence-electron chi connectivity index (χ4n) is 1.42. The molecular formula is C13H17BrFNO. The molecule has 0 atom stereocenters. The fraction of sp³-hybridized carbons (Fsp3) is 0.462. The molecule has 0 heterocycles. The smallest absolute Gasteiger partial charge is 0.220 e. The van der Waals surface area contributed by atoms with E-state index in [1.54, 1.807) is 12.1 Å². The standard InChI is InChI=1S/C13H17BrFNO/c1-13(2,3)7-12(17)16-8-9-6-10(14)4-5-11(9)15/h4-6H,7-8H2,1-3H3,(H,16,17). The highest BCUT2D eigenvalue weighted by atomic mass is 79.9. The number of halogens is 2. The zero-order valence-electron chi connectivity index (χ0n) is 10.3. The predicted octanol–water partition coefficient (Wildman–Crippen LogP) is 3.64. The highest BCUT2D eigenvalue weighted by Gasteiger charge is 2.15. The van der Waals surface area contributed by atoms with Gasteiger partial charge in [0.2, 0.25) is 5.91 Å². The molecule has 94 valence electrons. The van der Waals surface area contributed by atoms with E-state index in [9.17, 15) is 9.18 Å². The minimum absolute atomic E-state index is 0.0557. The maximum absolute atomic E-state index is 13.4. The molecule has 0 aliphatic carbocycles. The van der Waals surface area contributed by atoms with Crippen molar-refractivity contribution >= 4 is 21.8 Å². The first kappa shape index (κ1) is 14.2. The van der Waals surface area contributed by atoms with Crippen LogP contribution in [0, 0.1) is 11.2 Å². The second-order valence-corrected chi connectivity index (χ2v) is 6.17. The number of carbonyl (C=O) groups excluding carboxylic acids is 1. The van der Waals surface area contributed by atoms with E-state index in [0.717, 1.165) is 4.47 Å². The Bertz CT molecular complexity index is 412. The Morgan fingerprint density at radius 2 is 2.06 bits per heavy atom. The van der Waals surface area contributed by atoms with Crippen molar-refractivity contribution in [2.45, 2.75) is 33.7 Å². The van der Waals surface area contributed by atoms with E-state index in [4.69, 9.17) is 0 Å². The summed E-state index contributed by atoms with van der Waals surface area (Å²) in [5, 5.41) is 2.72. The molecule has 1 aromatic carbocycles. The summed E-state index contributed by atoms with van der Waals surface area (Å²) in [7, 11) is 0. The van der Waals surface area contributed by atoms with Crippen LogP contribution in [0.3, 0.4) is 0 Å². The van der Waals surface area contributed by atoms with Crippen molar-refractivity contribution in [2.75, 3.05) is 0 Å². The van der Waals surface area contributed by atoms with E-state index >= 15 is 0 Å². The van der Waals surface area contributed by atoms with Gasteiger partial charge in [-0.25, -0.2) is 4.39 Å². The number of amides is 1. The molecule has 0 fully saturated rings. The largest absolute Gasteiger partial charge is 0.352 e. The van der Waals surface area contributed by atoms with Gasteiger partial charge in [0.25, 0.3) is 0 Å². The molecule has 0 saturated carbocycles. The highest BCUT2D eigenvalue weighted by molar-refractivity contribution is 9.10. The highest BCUT2D eigenvalue weighted by Crippen LogP contribution is 2.18. The van der Waals surface area contributed by atoms with E-state index in [0.29, 0.717) is 12.0 Å². The number of hydrogen-bond acceptors (Lipinski definition) is 1. The van der Waals surface area contributed by atoms with Gasteiger partial charge < -0.3 is 5.32 Å². The van der Waals surface area contributed by atoms with Gasteiger partial charge in [-0.1, -0.05) is 36.7 Å². The Kier molecular flexibility index (Phi) is 4.69. The number of hydrogen-bond donors (Lipinski definition) is 1.